The Morgan fingerprint density at radius 2 is 1.88 bits per heavy atom. The number of nitriles is 1. The van der Waals surface area contributed by atoms with Crippen molar-refractivity contribution in [1.82, 2.24) is 10.9 Å². The third-order valence-electron chi connectivity index (χ3n) is 0.995. The lowest BCUT2D eigenvalue weighted by molar-refractivity contribution is 0.248. The van der Waals surface area contributed by atoms with Crippen molar-refractivity contribution < 1.29 is 9.59 Å². The Balaban J connectivity index is 4.55. The summed E-state index contributed by atoms with van der Waals surface area (Å²) in [6.07, 6.45) is 3.40. The highest BCUT2D eigenvalue weighted by atomic mass is 16.2. The van der Waals surface area contributed by atoms with Gasteiger partial charge in [0.2, 0.25) is 0 Å². The van der Waals surface area contributed by atoms with Crippen molar-refractivity contribution in [2.75, 3.05) is 0 Å². The van der Waals surface area contributed by atoms with E-state index in [9.17, 15) is 9.59 Å². The van der Waals surface area contributed by atoms with E-state index in [1.807, 2.05) is 10.9 Å². The van der Waals surface area contributed by atoms with Crippen molar-refractivity contribution in [1.29, 1.82) is 5.26 Å². The number of carbonyl (C=O) groups is 2. The van der Waals surface area contributed by atoms with Crippen LogP contribution in [0.4, 0.5) is 9.59 Å². The third-order valence-corrected chi connectivity index (χ3v) is 0.995. The number of hydrazone groups is 2. The molecular formula is C7H9N7O2. The molecule has 6 N–H and O–H groups in total. The molecule has 0 unspecified atom stereocenters. The van der Waals surface area contributed by atoms with Crippen LogP contribution in [0.15, 0.2) is 22.4 Å². The molecule has 4 amide bonds. The van der Waals surface area contributed by atoms with Gasteiger partial charge in [0.25, 0.3) is 0 Å². The van der Waals surface area contributed by atoms with Crippen molar-refractivity contribution in [3.63, 3.8) is 0 Å². The molecule has 9 heteroatoms. The molecule has 0 saturated carbocycles. The fraction of sp³-hybridized carbons (Fsp3) is 0. The Hall–Kier alpha value is -2.89. The van der Waals surface area contributed by atoms with E-state index in [2.05, 4.69) is 10.2 Å². The Morgan fingerprint density at radius 3 is 2.38 bits per heavy atom. The number of primary amides is 2. The van der Waals surface area contributed by atoms with Crippen LogP contribution >= 0.6 is 0 Å². The predicted molar refractivity (Wildman–Crippen MR) is 56.1 cm³/mol. The van der Waals surface area contributed by atoms with Gasteiger partial charge in [-0.1, -0.05) is 0 Å². The molecule has 0 aromatic rings. The van der Waals surface area contributed by atoms with Gasteiger partial charge in [-0.3, -0.25) is 0 Å². The Labute approximate surface area is 90.5 Å². The molecule has 0 spiro atoms. The number of carbonyl (C=O) groups excluding carboxylic acids is 2. The highest BCUT2D eigenvalue weighted by Crippen LogP contribution is 1.78. The maximum absolute atomic E-state index is 10.3. The van der Waals surface area contributed by atoms with Gasteiger partial charge in [0.05, 0.1) is 12.3 Å². The van der Waals surface area contributed by atoms with Crippen LogP contribution in [0.2, 0.25) is 0 Å². The van der Waals surface area contributed by atoms with Gasteiger partial charge in [-0.05, 0) is 6.08 Å². The van der Waals surface area contributed by atoms with Gasteiger partial charge in [0, 0.05) is 6.08 Å². The summed E-state index contributed by atoms with van der Waals surface area (Å²) >= 11 is 0. The van der Waals surface area contributed by atoms with E-state index in [1.165, 1.54) is 6.08 Å². The van der Waals surface area contributed by atoms with Crippen LogP contribution in [0, 0.1) is 11.3 Å². The maximum atomic E-state index is 10.3. The number of allylic oxidation sites excluding steroid dienone is 2. The first-order chi connectivity index (χ1) is 7.56. The fourth-order valence-corrected chi connectivity index (χ4v) is 0.513. The summed E-state index contributed by atoms with van der Waals surface area (Å²) in [6.45, 7) is 0. The predicted octanol–water partition coefficient (Wildman–Crippen LogP) is -1.26. The lowest BCUT2D eigenvalue weighted by atomic mass is 10.3. The summed E-state index contributed by atoms with van der Waals surface area (Å²) in [5.74, 6) is 0. The number of amides is 4. The molecule has 0 saturated heterocycles. The molecular weight excluding hydrogens is 214 g/mol. The molecule has 0 aromatic heterocycles. The lowest BCUT2D eigenvalue weighted by Gasteiger charge is -1.94. The van der Waals surface area contributed by atoms with Crippen LogP contribution in [0.3, 0.4) is 0 Å². The van der Waals surface area contributed by atoms with Crippen LogP contribution < -0.4 is 22.3 Å². The van der Waals surface area contributed by atoms with Gasteiger partial charge in [-0.2, -0.15) is 15.5 Å². The topological polar surface area (TPSA) is 159 Å². The first kappa shape index (κ1) is 13.1. The molecule has 16 heavy (non-hydrogen) atoms. The van der Waals surface area contributed by atoms with Crippen LogP contribution in [0.1, 0.15) is 0 Å². The van der Waals surface area contributed by atoms with Gasteiger partial charge in [-0.15, -0.1) is 0 Å². The Morgan fingerprint density at radius 1 is 1.25 bits per heavy atom. The van der Waals surface area contributed by atoms with E-state index < -0.39 is 12.1 Å². The molecule has 0 atom stereocenters. The van der Waals surface area contributed by atoms with Gasteiger partial charge in [0.1, 0.15) is 5.71 Å². The SMILES string of the molecule is N#C/C=C/C(/C=N/NC(N)=O)=N/NC(N)=O. The molecule has 0 aliphatic rings. The summed E-state index contributed by atoms with van der Waals surface area (Å²) in [5, 5.41) is 15.1. The number of urea groups is 2. The lowest BCUT2D eigenvalue weighted by Crippen LogP contribution is -2.27. The van der Waals surface area contributed by atoms with Crippen LogP contribution in [0.25, 0.3) is 0 Å². The van der Waals surface area contributed by atoms with Crippen molar-refractivity contribution in [2.24, 2.45) is 21.7 Å². The average Bonchev–Trinajstić information content (AvgIpc) is 2.20. The molecule has 84 valence electrons. The Kier molecular flexibility index (Phi) is 6.15. The van der Waals surface area contributed by atoms with E-state index >= 15 is 0 Å². The minimum Gasteiger partial charge on any atom is -0.350 e. The third kappa shape index (κ3) is 7.74. The normalized spacial score (nSPS) is 11.3. The Bertz CT molecular complexity index is 390. The highest BCUT2D eigenvalue weighted by molar-refractivity contribution is 6.36. The molecule has 0 aliphatic carbocycles. The van der Waals surface area contributed by atoms with E-state index in [1.54, 1.807) is 6.07 Å². The number of hydrogen-bond donors (Lipinski definition) is 4. The number of nitrogens with one attached hydrogen (secondary N) is 2. The van der Waals surface area contributed by atoms with Gasteiger partial charge >= 0.3 is 12.1 Å². The summed E-state index contributed by atoms with van der Waals surface area (Å²) in [4.78, 5) is 20.6. The summed E-state index contributed by atoms with van der Waals surface area (Å²) in [7, 11) is 0. The summed E-state index contributed by atoms with van der Waals surface area (Å²) in [5.41, 5.74) is 13.4. The van der Waals surface area contributed by atoms with Crippen molar-refractivity contribution in [3.8, 4) is 6.07 Å². The quantitative estimate of drug-likeness (QED) is 0.266. The second-order valence-corrected chi connectivity index (χ2v) is 2.21. The van der Waals surface area contributed by atoms with E-state index in [0.717, 1.165) is 12.3 Å². The first-order valence-electron chi connectivity index (χ1n) is 3.84. The molecule has 0 aromatic carbocycles. The molecule has 0 bridgehead atoms. The summed E-state index contributed by atoms with van der Waals surface area (Å²) in [6, 6.07) is -0.0285. The number of rotatable bonds is 4. The molecule has 0 radical (unpaired) electrons. The molecule has 0 rings (SSSR count). The number of nitrogens with two attached hydrogens (primary N) is 2. The fourth-order valence-electron chi connectivity index (χ4n) is 0.513. The van der Waals surface area contributed by atoms with Crippen LogP contribution in [-0.4, -0.2) is 24.0 Å². The monoisotopic (exact) mass is 223 g/mol. The smallest absolute Gasteiger partial charge is 0.332 e. The van der Waals surface area contributed by atoms with E-state index in [-0.39, 0.29) is 5.71 Å². The van der Waals surface area contributed by atoms with E-state index in [4.69, 9.17) is 16.7 Å². The average molecular weight is 223 g/mol. The standard InChI is InChI=1S/C7H9N7O2/c8-3-1-2-5(12-14-7(10)16)4-11-13-6(9)15/h1-2,4H,(H3,9,13,15)(H3,10,14,16)/b2-1+,11-4+,12-5-. The van der Waals surface area contributed by atoms with Crippen molar-refractivity contribution >= 4 is 24.0 Å². The first-order valence-corrected chi connectivity index (χ1v) is 3.84. The molecule has 0 fully saturated rings. The van der Waals surface area contributed by atoms with Crippen molar-refractivity contribution in [3.05, 3.63) is 12.2 Å². The minimum atomic E-state index is -0.876. The van der Waals surface area contributed by atoms with Gasteiger partial charge < -0.3 is 11.5 Å². The highest BCUT2D eigenvalue weighted by Gasteiger charge is 1.92. The molecule has 0 aliphatic heterocycles. The zero-order chi connectivity index (χ0) is 12.4. The van der Waals surface area contributed by atoms with E-state index in [0.29, 0.717) is 0 Å². The summed E-state index contributed by atoms with van der Waals surface area (Å²) < 4.78 is 0. The second-order valence-electron chi connectivity index (χ2n) is 2.21. The van der Waals surface area contributed by atoms with Gasteiger partial charge in [0.15, 0.2) is 0 Å². The van der Waals surface area contributed by atoms with Gasteiger partial charge in [-0.25, -0.2) is 20.4 Å². The minimum absolute atomic E-state index is 0.0918. The number of nitrogens with zero attached hydrogens (tertiary/aromatic N) is 3. The second kappa shape index (κ2) is 7.51. The van der Waals surface area contributed by atoms with Crippen LogP contribution in [-0.2, 0) is 0 Å². The number of hydrogen-bond acceptors (Lipinski definition) is 5. The maximum Gasteiger partial charge on any atom is 0.332 e. The molecule has 9 nitrogen and oxygen atoms in total. The van der Waals surface area contributed by atoms with Crippen molar-refractivity contribution in [2.45, 2.75) is 0 Å². The molecule has 0 heterocycles. The zero-order valence-corrected chi connectivity index (χ0v) is 8.04. The largest absolute Gasteiger partial charge is 0.350 e. The van der Waals surface area contributed by atoms with Crippen LogP contribution in [0.5, 0.6) is 0 Å². The zero-order valence-electron chi connectivity index (χ0n) is 8.04.